The number of sulfonamides is 1. The molecule has 9 heteroatoms. The Bertz CT molecular complexity index is 1120. The van der Waals surface area contributed by atoms with Crippen molar-refractivity contribution in [2.24, 2.45) is 4.40 Å². The van der Waals surface area contributed by atoms with E-state index in [1.165, 1.54) is 24.3 Å². The summed E-state index contributed by atoms with van der Waals surface area (Å²) in [5.41, 5.74) is 0.407. The molecule has 31 heavy (non-hydrogen) atoms. The molecule has 1 aromatic heterocycles. The van der Waals surface area contributed by atoms with Crippen LogP contribution >= 0.6 is 0 Å². The molecule has 0 spiro atoms. The number of aromatic nitrogens is 1. The summed E-state index contributed by atoms with van der Waals surface area (Å²) in [4.78, 5) is 6.58. The van der Waals surface area contributed by atoms with Crippen molar-refractivity contribution in [3.05, 3.63) is 53.7 Å². The molecule has 3 aliphatic heterocycles. The van der Waals surface area contributed by atoms with E-state index in [2.05, 4.69) is 14.3 Å². The van der Waals surface area contributed by atoms with Gasteiger partial charge in [-0.15, -0.1) is 4.40 Å². The molecule has 1 saturated carbocycles. The molecule has 2 aromatic rings. The Morgan fingerprint density at radius 1 is 1.13 bits per heavy atom. The highest BCUT2D eigenvalue weighted by Crippen LogP contribution is 2.49. The van der Waals surface area contributed by atoms with Crippen molar-refractivity contribution in [1.82, 2.24) is 9.88 Å². The van der Waals surface area contributed by atoms with E-state index in [0.29, 0.717) is 30.1 Å². The quantitative estimate of drug-likeness (QED) is 0.702. The molecule has 4 heterocycles. The summed E-state index contributed by atoms with van der Waals surface area (Å²) in [5, 5.41) is 0. The molecule has 0 atom stereocenters. The SMILES string of the molecule is CC(F)(F)c1ccc(Oc2ccc(C34CCC(CC3)N3CCS(=O)(=O)N=C34)cn2)cc1. The number of benzene rings is 1. The van der Waals surface area contributed by atoms with Crippen LogP contribution in [0.2, 0.25) is 0 Å². The molecule has 0 amide bonds. The zero-order chi connectivity index (χ0) is 21.9. The minimum atomic E-state index is -3.44. The number of halogens is 2. The second-order valence-electron chi connectivity index (χ2n) is 8.61. The number of ether oxygens (including phenoxy) is 1. The van der Waals surface area contributed by atoms with E-state index in [4.69, 9.17) is 4.74 Å². The van der Waals surface area contributed by atoms with Crippen molar-refractivity contribution < 1.29 is 21.9 Å². The summed E-state index contributed by atoms with van der Waals surface area (Å²) in [6.07, 6.45) is 5.42. The van der Waals surface area contributed by atoms with Crippen LogP contribution in [0.1, 0.15) is 43.7 Å². The van der Waals surface area contributed by atoms with Gasteiger partial charge in [-0.25, -0.2) is 22.2 Å². The van der Waals surface area contributed by atoms with Gasteiger partial charge < -0.3 is 9.64 Å². The van der Waals surface area contributed by atoms with Gasteiger partial charge in [-0.3, -0.25) is 0 Å². The second-order valence-corrected chi connectivity index (χ2v) is 10.4. The Balaban J connectivity index is 1.41. The average molecular weight is 448 g/mol. The van der Waals surface area contributed by atoms with Crippen LogP contribution in [0.5, 0.6) is 11.6 Å². The second kappa shape index (κ2) is 6.98. The van der Waals surface area contributed by atoms with Crippen LogP contribution in [0.4, 0.5) is 8.78 Å². The average Bonchev–Trinajstić information content (AvgIpc) is 2.74. The molecule has 2 saturated heterocycles. The molecule has 2 bridgehead atoms. The van der Waals surface area contributed by atoms with Crippen LogP contribution < -0.4 is 4.74 Å². The number of amidine groups is 1. The van der Waals surface area contributed by atoms with E-state index < -0.39 is 21.4 Å². The fourth-order valence-corrected chi connectivity index (χ4v) is 6.04. The van der Waals surface area contributed by atoms with Crippen molar-refractivity contribution in [1.29, 1.82) is 0 Å². The molecule has 6 nitrogen and oxygen atoms in total. The summed E-state index contributed by atoms with van der Waals surface area (Å²) < 4.78 is 61.0. The first kappa shape index (κ1) is 20.4. The lowest BCUT2D eigenvalue weighted by Crippen LogP contribution is -2.62. The number of hydrogen-bond acceptors (Lipinski definition) is 5. The first-order valence-corrected chi connectivity index (χ1v) is 12.0. The van der Waals surface area contributed by atoms with Crippen molar-refractivity contribution in [3.8, 4) is 11.6 Å². The lowest BCUT2D eigenvalue weighted by atomic mass is 9.63. The summed E-state index contributed by atoms with van der Waals surface area (Å²) in [7, 11) is -3.44. The third-order valence-electron chi connectivity index (χ3n) is 6.64. The number of nitrogens with zero attached hydrogens (tertiary/aromatic N) is 3. The Labute approximate surface area is 180 Å². The highest BCUT2D eigenvalue weighted by molar-refractivity contribution is 7.90. The lowest BCUT2D eigenvalue weighted by Gasteiger charge is -2.55. The number of hydrogen-bond donors (Lipinski definition) is 0. The van der Waals surface area contributed by atoms with Gasteiger partial charge in [0.25, 0.3) is 15.9 Å². The smallest absolute Gasteiger partial charge is 0.270 e. The van der Waals surface area contributed by atoms with Gasteiger partial charge in [0.15, 0.2) is 0 Å². The van der Waals surface area contributed by atoms with Crippen LogP contribution in [0.3, 0.4) is 0 Å². The van der Waals surface area contributed by atoms with Crippen LogP contribution in [-0.4, -0.2) is 42.5 Å². The monoisotopic (exact) mass is 447 g/mol. The Morgan fingerprint density at radius 3 is 2.45 bits per heavy atom. The molecule has 0 radical (unpaired) electrons. The highest BCUT2D eigenvalue weighted by atomic mass is 32.2. The van der Waals surface area contributed by atoms with Gasteiger partial charge in [-0.1, -0.05) is 6.07 Å². The van der Waals surface area contributed by atoms with Crippen LogP contribution in [0.15, 0.2) is 47.0 Å². The maximum atomic E-state index is 13.4. The number of alkyl halides is 2. The lowest BCUT2D eigenvalue weighted by molar-refractivity contribution is 0.0174. The topological polar surface area (TPSA) is 71.9 Å². The fraction of sp³-hybridized carbons (Fsp3) is 0.455. The van der Waals surface area contributed by atoms with Crippen molar-refractivity contribution in [2.75, 3.05) is 12.3 Å². The number of fused-ring (bicyclic) bond motifs is 2. The molecule has 3 fully saturated rings. The van der Waals surface area contributed by atoms with Crippen LogP contribution in [0.25, 0.3) is 0 Å². The zero-order valence-corrected chi connectivity index (χ0v) is 17.9. The van der Waals surface area contributed by atoms with E-state index in [0.717, 1.165) is 38.2 Å². The largest absolute Gasteiger partial charge is 0.439 e. The van der Waals surface area contributed by atoms with Gasteiger partial charge in [0.05, 0.1) is 11.2 Å². The highest BCUT2D eigenvalue weighted by Gasteiger charge is 2.52. The Morgan fingerprint density at radius 2 is 1.84 bits per heavy atom. The van der Waals surface area contributed by atoms with Crippen LogP contribution in [0, 0.1) is 0 Å². The van der Waals surface area contributed by atoms with Gasteiger partial charge >= 0.3 is 0 Å². The maximum Gasteiger partial charge on any atom is 0.270 e. The van der Waals surface area contributed by atoms with Gasteiger partial charge in [0.2, 0.25) is 5.88 Å². The molecule has 4 aliphatic rings. The zero-order valence-electron chi connectivity index (χ0n) is 17.1. The third-order valence-corrected chi connectivity index (χ3v) is 7.79. The molecule has 6 rings (SSSR count). The standard InChI is InChI=1S/C22H23F2N3O3S/c1-21(23,24)15-2-5-18(6-3-15)30-19-7-4-16(14-25-19)22-10-8-17(9-11-22)27-12-13-31(28,29)26-20(22)27/h2-7,14,17H,8-13H2,1H3. The Kier molecular flexibility index (Phi) is 4.58. The van der Waals surface area contributed by atoms with Gasteiger partial charge in [0.1, 0.15) is 11.6 Å². The Hall–Kier alpha value is -2.55. The molecular formula is C22H23F2N3O3S. The summed E-state index contributed by atoms with van der Waals surface area (Å²) >= 11 is 0. The van der Waals surface area contributed by atoms with E-state index in [9.17, 15) is 17.2 Å². The molecule has 0 unspecified atom stereocenters. The minimum absolute atomic E-state index is 0.0663. The van der Waals surface area contributed by atoms with Crippen molar-refractivity contribution in [3.63, 3.8) is 0 Å². The third kappa shape index (κ3) is 3.58. The predicted octanol–water partition coefficient (Wildman–Crippen LogP) is 4.22. The number of pyridine rings is 1. The van der Waals surface area contributed by atoms with Crippen molar-refractivity contribution >= 4 is 15.9 Å². The minimum Gasteiger partial charge on any atom is -0.439 e. The fourth-order valence-electron chi connectivity index (χ4n) is 4.98. The van der Waals surface area contributed by atoms with E-state index in [1.54, 1.807) is 12.3 Å². The molecule has 1 aliphatic carbocycles. The van der Waals surface area contributed by atoms with E-state index in [-0.39, 0.29) is 11.3 Å². The van der Waals surface area contributed by atoms with Gasteiger partial charge in [0, 0.05) is 37.3 Å². The summed E-state index contributed by atoms with van der Waals surface area (Å²) in [6, 6.07) is 9.65. The predicted molar refractivity (Wildman–Crippen MR) is 112 cm³/mol. The summed E-state index contributed by atoms with van der Waals surface area (Å²) in [5.74, 6) is -1.42. The molecule has 164 valence electrons. The first-order valence-electron chi connectivity index (χ1n) is 10.4. The molecule has 0 N–H and O–H groups in total. The van der Waals surface area contributed by atoms with Gasteiger partial charge in [-0.05, 0) is 55.5 Å². The van der Waals surface area contributed by atoms with E-state index >= 15 is 0 Å². The first-order chi connectivity index (χ1) is 14.7. The van der Waals surface area contributed by atoms with E-state index in [1.807, 2.05) is 6.07 Å². The maximum absolute atomic E-state index is 13.4. The van der Waals surface area contributed by atoms with Crippen molar-refractivity contribution in [2.45, 2.75) is 50.0 Å². The normalized spacial score (nSPS) is 26.9. The number of piperidine rings is 2. The van der Waals surface area contributed by atoms with Crippen LogP contribution in [-0.2, 0) is 21.4 Å². The summed E-state index contributed by atoms with van der Waals surface area (Å²) in [6.45, 7) is 1.35. The van der Waals surface area contributed by atoms with Gasteiger partial charge in [-0.2, -0.15) is 0 Å². The molecular weight excluding hydrogens is 424 g/mol. The number of rotatable bonds is 4. The molecule has 1 aromatic carbocycles.